The van der Waals surface area contributed by atoms with Crippen LogP contribution in [0.1, 0.15) is 27.7 Å². The number of hydrogen-bond acceptors (Lipinski definition) is 2. The zero-order chi connectivity index (χ0) is 78.1. The molecule has 0 amide bonds. The summed E-state index contributed by atoms with van der Waals surface area (Å²) in [5, 5.41) is 0. The summed E-state index contributed by atoms with van der Waals surface area (Å²) in [6, 6.07) is 2.05. The molecule has 5 aromatic carbocycles. The Labute approximate surface area is 629 Å². The van der Waals surface area contributed by atoms with Crippen LogP contribution >= 0.6 is 0 Å². The minimum Gasteiger partial charge on any atom is -0.382 e. The molecule has 0 spiro atoms. The first-order valence-corrected chi connectivity index (χ1v) is 44.5. The SMILES string of the molecule is CCOCC.CCOCC.C[Si](C)(C)[C]1[CH][CH][C]([Si](C)(C)C)[CH]1.C[Si](C)(C)[C]1[CH][CH][C]([Si](C)(C)C)[CH]1.Fc1[c-]c(F)c(F)c(F)c1F.Fc1[c-]c(F)c(F)c(F)c1F.Fc1c(F)c(F)c([B-]([CH][CH][CH]CB2C=CC=C2)(c2c(F)c(F)c(F)c(F)c2F)c2c(F)c(F)c(F)c(F)c2F)c(F)c1F.[Zr+2].[Zr+4]. The van der Waals surface area contributed by atoms with E-state index in [9.17, 15) is 83.4 Å². The van der Waals surface area contributed by atoms with E-state index in [1.54, 1.807) is 22.2 Å². The smallest absolute Gasteiger partial charge is 0.382 e. The number of rotatable bonds is 16. The van der Waals surface area contributed by atoms with Gasteiger partial charge in [0.25, 0.3) is 0 Å². The molecule has 5 aromatic rings. The molecule has 0 bridgehead atoms. The fraction of sp³-hybridized carbons (Fsp3) is 0.309. The van der Waals surface area contributed by atoms with E-state index in [4.69, 9.17) is 9.47 Å². The Balaban J connectivity index is 0.00000140. The first-order valence-electron chi connectivity index (χ1n) is 30.5. The molecule has 2 aliphatic carbocycles. The van der Waals surface area contributed by atoms with Gasteiger partial charge in [0.05, 0.1) is 90.5 Å². The standard InChI is InChI=1S/C26H9B2F15.2C11H21Si2.2C6F5.2C4H10O.2Zr/c29-12-9(13(30)19(36)24(41)18(12)35)28(8-4-3-7-27-5-1-2-6-27,10-14(31)20(37)25(42)21(38)15(10)32)11-16(33)22(39)26(43)23(40)17(11)34;2*1-12(2,3)10-7-8-11(9-10)13(4,5)6;2*7-2-1-3(8)5(10)6(11)4(2)9;2*1-3-5-4-2;;/h1-6,8H,7H2;2*7-9H,1-6H3;;;2*3-4H2,1-2H3;;/q-1;;;2*-1;;;+2;+4. The van der Waals surface area contributed by atoms with E-state index in [0.717, 1.165) is 45.0 Å². The zero-order valence-corrected chi connectivity index (χ0v) is 67.4. The normalized spacial score (nSPS) is 14.2. The third kappa shape index (κ3) is 26.1. The molecule has 2 nitrogen and oxygen atoms in total. The van der Waals surface area contributed by atoms with E-state index < -0.39 is 207 Å². The summed E-state index contributed by atoms with van der Waals surface area (Å²) < 4.78 is 350. The van der Waals surface area contributed by atoms with Crippen LogP contribution in [0.5, 0.6) is 0 Å². The van der Waals surface area contributed by atoms with Crippen molar-refractivity contribution in [2.24, 2.45) is 0 Å². The fourth-order valence-electron chi connectivity index (χ4n) is 9.05. The number of halogens is 25. The fourth-order valence-corrected chi connectivity index (χ4v) is 14.0. The molecule has 557 valence electrons. The van der Waals surface area contributed by atoms with E-state index in [1.807, 2.05) is 27.7 Å². The van der Waals surface area contributed by atoms with Crippen LogP contribution in [0.2, 0.25) is 84.9 Å². The summed E-state index contributed by atoms with van der Waals surface area (Å²) in [5.74, 6) is -62.5. The van der Waals surface area contributed by atoms with Gasteiger partial charge in [-0.25, -0.2) is 92.2 Å². The Hall–Kier alpha value is -3.49. The van der Waals surface area contributed by atoms with Crippen LogP contribution in [0.3, 0.4) is 0 Å². The van der Waals surface area contributed by atoms with Gasteiger partial charge in [0.2, 0.25) is 0 Å². The van der Waals surface area contributed by atoms with Gasteiger partial charge in [-0.05, 0) is 94.8 Å². The van der Waals surface area contributed by atoms with Crippen LogP contribution in [0.15, 0.2) is 24.1 Å². The van der Waals surface area contributed by atoms with Crippen molar-refractivity contribution in [1.82, 2.24) is 0 Å². The molecule has 8 rings (SSSR count). The van der Waals surface area contributed by atoms with Crippen LogP contribution < -0.4 is 16.4 Å². The average molecular weight is 1710 g/mol. The second-order valence-corrected chi connectivity index (χ2v) is 46.2. The molecule has 1 heterocycles. The number of allylic oxidation sites excluding steroid dienone is 2. The van der Waals surface area contributed by atoms with Gasteiger partial charge < -0.3 is 9.47 Å². The predicted molar refractivity (Wildman–Crippen MR) is 352 cm³/mol. The molecule has 35 heteroatoms. The monoisotopic (exact) mass is 1710 g/mol. The molecule has 0 saturated heterocycles. The van der Waals surface area contributed by atoms with Crippen molar-refractivity contribution in [2.45, 2.75) is 113 Å². The van der Waals surface area contributed by atoms with Crippen molar-refractivity contribution in [3.8, 4) is 0 Å². The number of benzene rings is 5. The quantitative estimate of drug-likeness (QED) is 0.0245. The van der Waals surface area contributed by atoms with Crippen LogP contribution in [-0.2, 0) is 61.9 Å². The Morgan fingerprint density at radius 1 is 0.330 bits per heavy atom. The largest absolute Gasteiger partial charge is 4.00 e. The number of unbranched alkanes of at least 4 members (excludes halogenated alkanes) is 1. The Morgan fingerprint density at radius 2 is 0.524 bits per heavy atom. The van der Waals surface area contributed by atoms with Crippen molar-refractivity contribution in [2.75, 3.05) is 26.4 Å². The second-order valence-electron chi connectivity index (χ2n) is 25.9. The summed E-state index contributed by atoms with van der Waals surface area (Å²) in [6.07, 6.45) is 12.6. The minimum atomic E-state index is -5.69. The number of ether oxygens (including phenoxy) is 2. The van der Waals surface area contributed by atoms with Gasteiger partial charge in [0.15, 0.2) is 59.1 Å². The minimum absolute atomic E-state index is 0. The van der Waals surface area contributed by atoms with E-state index in [0.29, 0.717) is 6.42 Å². The second kappa shape index (κ2) is 43.0. The Bertz CT molecular complexity index is 3190. The Morgan fingerprint density at radius 3 is 0.699 bits per heavy atom. The van der Waals surface area contributed by atoms with E-state index in [2.05, 4.69) is 117 Å². The van der Waals surface area contributed by atoms with Crippen molar-refractivity contribution in [1.29, 1.82) is 0 Å². The molecular weight excluding hydrogens is 1640 g/mol. The van der Waals surface area contributed by atoms with Gasteiger partial charge in [0, 0.05) is 26.4 Å². The summed E-state index contributed by atoms with van der Waals surface area (Å²) in [5.41, 5.74) is -1.56. The third-order valence-electron chi connectivity index (χ3n) is 14.6. The predicted octanol–water partition coefficient (Wildman–Crippen LogP) is 19.6. The zero-order valence-electron chi connectivity index (χ0n) is 58.5. The van der Waals surface area contributed by atoms with Crippen LogP contribution in [0.25, 0.3) is 0 Å². The van der Waals surface area contributed by atoms with Gasteiger partial charge in [-0.15, -0.1) is 40.5 Å². The molecule has 3 aliphatic rings. The maximum Gasteiger partial charge on any atom is 4.00 e. The van der Waals surface area contributed by atoms with Crippen LogP contribution in [0, 0.1) is 237 Å². The van der Waals surface area contributed by atoms with Gasteiger partial charge in [-0.3, -0.25) is 17.6 Å². The molecule has 103 heavy (non-hydrogen) atoms. The van der Waals surface area contributed by atoms with Gasteiger partial charge in [-0.2, -0.15) is 6.32 Å². The van der Waals surface area contributed by atoms with Gasteiger partial charge in [-0.1, -0.05) is 103 Å². The summed E-state index contributed by atoms with van der Waals surface area (Å²) >= 11 is 0. The Kier molecular flexibility index (Phi) is 41.6. The summed E-state index contributed by atoms with van der Waals surface area (Å²) in [6.45, 7) is 39.8. The van der Waals surface area contributed by atoms with E-state index in [-0.39, 0.29) is 65.0 Å². The molecule has 0 atom stereocenters. The van der Waals surface area contributed by atoms with Crippen molar-refractivity contribution >= 4 is 61.5 Å². The average Bonchev–Trinajstić information content (AvgIpc) is 1.20. The van der Waals surface area contributed by atoms with E-state index >= 15 is 26.3 Å². The van der Waals surface area contributed by atoms with Gasteiger partial charge in [0.1, 0.15) is 41.0 Å². The third-order valence-corrected chi connectivity index (χ3v) is 22.8. The van der Waals surface area contributed by atoms with Crippen molar-refractivity contribution < 1.29 is 172 Å². The first kappa shape index (κ1) is 99.5. The van der Waals surface area contributed by atoms with Crippen LogP contribution in [0.4, 0.5) is 110 Å². The summed E-state index contributed by atoms with van der Waals surface area (Å²) in [4.78, 5) is 0. The molecule has 2 fully saturated rings. The number of hydrogen-bond donors (Lipinski definition) is 0. The maximum absolute atomic E-state index is 15.3. The maximum atomic E-state index is 15.3. The van der Waals surface area contributed by atoms with Gasteiger partial charge >= 0.3 is 52.4 Å². The molecular formula is C68H71B2F25O2Si4Zr2+3. The van der Waals surface area contributed by atoms with Crippen LogP contribution in [-0.4, -0.2) is 71.6 Å². The van der Waals surface area contributed by atoms with Crippen molar-refractivity contribution in [3.63, 3.8) is 0 Å². The van der Waals surface area contributed by atoms with Crippen molar-refractivity contribution in [3.05, 3.63) is 262 Å². The molecule has 0 aromatic heterocycles. The molecule has 0 N–H and O–H groups in total. The topological polar surface area (TPSA) is 18.5 Å². The van der Waals surface area contributed by atoms with E-state index in [1.165, 1.54) is 24.1 Å². The summed E-state index contributed by atoms with van der Waals surface area (Å²) in [7, 11) is -4.28. The molecule has 1 aliphatic heterocycles. The molecule has 2 saturated carbocycles. The first-order chi connectivity index (χ1) is 46.4. The molecule has 13 radical (unpaired) electrons. The molecule has 0 unspecified atom stereocenters.